The van der Waals surface area contributed by atoms with Crippen LogP contribution in [0.15, 0.2) is 18.2 Å². The van der Waals surface area contributed by atoms with Gasteiger partial charge in [0.05, 0.1) is 6.10 Å². The Balaban J connectivity index is 2.78. The summed E-state index contributed by atoms with van der Waals surface area (Å²) in [7, 11) is 0. The second kappa shape index (κ2) is 5.92. The van der Waals surface area contributed by atoms with Crippen molar-refractivity contribution in [1.29, 1.82) is 0 Å². The topological polar surface area (TPSA) is 32.3 Å². The van der Waals surface area contributed by atoms with Gasteiger partial charge in [-0.15, -0.1) is 0 Å². The van der Waals surface area contributed by atoms with Crippen LogP contribution in [0.3, 0.4) is 0 Å². The monoisotopic (exact) mass is 229 g/mol. The van der Waals surface area contributed by atoms with E-state index in [9.17, 15) is 8.78 Å². The first-order chi connectivity index (χ1) is 7.54. The van der Waals surface area contributed by atoms with E-state index in [0.29, 0.717) is 18.5 Å². The third-order valence-electron chi connectivity index (χ3n) is 2.41. The van der Waals surface area contributed by atoms with Gasteiger partial charge in [-0.2, -0.15) is 0 Å². The van der Waals surface area contributed by atoms with Crippen LogP contribution in [0.4, 0.5) is 8.78 Å². The van der Waals surface area contributed by atoms with Crippen molar-refractivity contribution < 1.29 is 13.9 Å². The number of benzene rings is 1. The van der Waals surface area contributed by atoms with Gasteiger partial charge < -0.3 is 10.4 Å². The lowest BCUT2D eigenvalue weighted by Crippen LogP contribution is -2.29. The molecule has 1 unspecified atom stereocenters. The predicted octanol–water partition coefficient (Wildman–Crippen LogP) is 2.39. The molecule has 0 saturated carbocycles. The molecule has 90 valence electrons. The molecule has 4 heteroatoms. The van der Waals surface area contributed by atoms with Gasteiger partial charge in [-0.05, 0) is 19.4 Å². The molecule has 0 saturated heterocycles. The minimum Gasteiger partial charge on any atom is -0.392 e. The minimum atomic E-state index is -0.577. The molecule has 1 rings (SSSR count). The molecule has 2 nitrogen and oxygen atoms in total. The summed E-state index contributed by atoms with van der Waals surface area (Å²) in [6.07, 6.45) is 0.187. The molecule has 0 aliphatic rings. The normalized spacial score (nSPS) is 14.8. The molecular formula is C12H17F2NO. The van der Waals surface area contributed by atoms with E-state index >= 15 is 0 Å². The lowest BCUT2D eigenvalue weighted by atomic mass is 10.0. The molecule has 2 N–H and O–H groups in total. The van der Waals surface area contributed by atoms with Crippen LogP contribution in [0, 0.1) is 11.6 Å². The van der Waals surface area contributed by atoms with Crippen LogP contribution < -0.4 is 5.32 Å². The molecular weight excluding hydrogens is 212 g/mol. The van der Waals surface area contributed by atoms with Gasteiger partial charge in [0.15, 0.2) is 0 Å². The first-order valence-electron chi connectivity index (χ1n) is 5.41. The number of hydrogen-bond donors (Lipinski definition) is 2. The van der Waals surface area contributed by atoms with Crippen molar-refractivity contribution in [2.24, 2.45) is 0 Å². The van der Waals surface area contributed by atoms with Gasteiger partial charge in [0.1, 0.15) is 11.6 Å². The third-order valence-corrected chi connectivity index (χ3v) is 2.41. The Labute approximate surface area is 94.3 Å². The summed E-state index contributed by atoms with van der Waals surface area (Å²) in [6.45, 7) is 3.94. The zero-order chi connectivity index (χ0) is 12.1. The summed E-state index contributed by atoms with van der Waals surface area (Å²) in [5.74, 6) is -1.13. The van der Waals surface area contributed by atoms with Gasteiger partial charge in [0, 0.05) is 24.2 Å². The number of nitrogens with one attached hydrogen (secondary N) is 1. The zero-order valence-electron chi connectivity index (χ0n) is 9.50. The Morgan fingerprint density at radius 1 is 1.38 bits per heavy atom. The molecule has 1 aromatic carbocycles. The lowest BCUT2D eigenvalue weighted by Gasteiger charge is -2.19. The minimum absolute atomic E-state index is 0.199. The van der Waals surface area contributed by atoms with Gasteiger partial charge >= 0.3 is 0 Å². The van der Waals surface area contributed by atoms with Crippen molar-refractivity contribution in [2.75, 3.05) is 6.54 Å². The first kappa shape index (κ1) is 13.1. The summed E-state index contributed by atoms with van der Waals surface area (Å²) in [6, 6.07) is 3.36. The SMILES string of the molecule is CCC(NC[C@H](C)O)c1ccc(F)cc1F. The standard InChI is InChI=1S/C12H17F2NO/c1-3-12(15-7-8(2)16)10-5-4-9(13)6-11(10)14/h4-6,8,12,15-16H,3,7H2,1-2H3/t8-,12?/m0/s1. The number of aliphatic hydroxyl groups is 1. The van der Waals surface area contributed by atoms with E-state index in [1.54, 1.807) is 6.92 Å². The van der Waals surface area contributed by atoms with E-state index in [0.717, 1.165) is 6.07 Å². The molecule has 0 bridgehead atoms. The van der Waals surface area contributed by atoms with Crippen LogP contribution in [0.25, 0.3) is 0 Å². The average molecular weight is 229 g/mol. The van der Waals surface area contributed by atoms with E-state index in [1.165, 1.54) is 12.1 Å². The van der Waals surface area contributed by atoms with Crippen molar-refractivity contribution in [3.05, 3.63) is 35.4 Å². The highest BCUT2D eigenvalue weighted by molar-refractivity contribution is 5.22. The molecule has 0 aliphatic heterocycles. The lowest BCUT2D eigenvalue weighted by molar-refractivity contribution is 0.185. The molecule has 0 amide bonds. The molecule has 0 spiro atoms. The van der Waals surface area contributed by atoms with Gasteiger partial charge in [0.2, 0.25) is 0 Å². The Kier molecular flexibility index (Phi) is 4.83. The van der Waals surface area contributed by atoms with E-state index < -0.39 is 17.7 Å². The highest BCUT2D eigenvalue weighted by Crippen LogP contribution is 2.20. The second-order valence-corrected chi connectivity index (χ2v) is 3.88. The van der Waals surface area contributed by atoms with Crippen molar-refractivity contribution in [2.45, 2.75) is 32.4 Å². The van der Waals surface area contributed by atoms with Crippen LogP contribution in [0.2, 0.25) is 0 Å². The maximum Gasteiger partial charge on any atom is 0.130 e. The number of hydrogen-bond acceptors (Lipinski definition) is 2. The smallest absolute Gasteiger partial charge is 0.130 e. The third kappa shape index (κ3) is 3.54. The summed E-state index contributed by atoms with van der Waals surface area (Å²) in [5, 5.41) is 12.2. The van der Waals surface area contributed by atoms with E-state index in [-0.39, 0.29) is 6.04 Å². The fraction of sp³-hybridized carbons (Fsp3) is 0.500. The van der Waals surface area contributed by atoms with Gasteiger partial charge in [-0.3, -0.25) is 0 Å². The van der Waals surface area contributed by atoms with Gasteiger partial charge in [-0.1, -0.05) is 13.0 Å². The second-order valence-electron chi connectivity index (χ2n) is 3.88. The largest absolute Gasteiger partial charge is 0.392 e. The first-order valence-corrected chi connectivity index (χ1v) is 5.41. The van der Waals surface area contributed by atoms with Crippen molar-refractivity contribution in [3.63, 3.8) is 0 Å². The van der Waals surface area contributed by atoms with Crippen LogP contribution in [-0.2, 0) is 0 Å². The van der Waals surface area contributed by atoms with Crippen LogP contribution in [0.1, 0.15) is 31.9 Å². The average Bonchev–Trinajstić information content (AvgIpc) is 2.21. The van der Waals surface area contributed by atoms with E-state index in [1.807, 2.05) is 6.92 Å². The predicted molar refractivity (Wildman–Crippen MR) is 59.1 cm³/mol. The van der Waals surface area contributed by atoms with Crippen LogP contribution >= 0.6 is 0 Å². The zero-order valence-corrected chi connectivity index (χ0v) is 9.50. The molecule has 0 fully saturated rings. The highest BCUT2D eigenvalue weighted by Gasteiger charge is 2.14. The summed E-state index contributed by atoms with van der Waals surface area (Å²) < 4.78 is 26.2. The quantitative estimate of drug-likeness (QED) is 0.812. The van der Waals surface area contributed by atoms with Crippen LogP contribution in [0.5, 0.6) is 0 Å². The maximum atomic E-state index is 13.5. The molecule has 0 heterocycles. The Hall–Kier alpha value is -1.00. The van der Waals surface area contributed by atoms with Gasteiger partial charge in [-0.25, -0.2) is 8.78 Å². The van der Waals surface area contributed by atoms with Crippen molar-refractivity contribution >= 4 is 0 Å². The highest BCUT2D eigenvalue weighted by atomic mass is 19.1. The van der Waals surface area contributed by atoms with E-state index in [4.69, 9.17) is 5.11 Å². The molecule has 0 aliphatic carbocycles. The fourth-order valence-corrected chi connectivity index (χ4v) is 1.57. The molecule has 0 radical (unpaired) electrons. The van der Waals surface area contributed by atoms with E-state index in [2.05, 4.69) is 5.32 Å². The Morgan fingerprint density at radius 3 is 2.56 bits per heavy atom. The van der Waals surface area contributed by atoms with Gasteiger partial charge in [0.25, 0.3) is 0 Å². The number of rotatable bonds is 5. The summed E-state index contributed by atoms with van der Waals surface area (Å²) in [5.41, 5.74) is 0.435. The Bertz CT molecular complexity index is 342. The van der Waals surface area contributed by atoms with Crippen LogP contribution in [-0.4, -0.2) is 17.8 Å². The summed E-state index contributed by atoms with van der Waals surface area (Å²) in [4.78, 5) is 0. The van der Waals surface area contributed by atoms with Crippen molar-refractivity contribution in [1.82, 2.24) is 5.32 Å². The molecule has 2 atom stereocenters. The summed E-state index contributed by atoms with van der Waals surface area (Å²) >= 11 is 0. The van der Waals surface area contributed by atoms with Crippen molar-refractivity contribution in [3.8, 4) is 0 Å². The number of aliphatic hydroxyl groups excluding tert-OH is 1. The maximum absolute atomic E-state index is 13.5. The molecule has 16 heavy (non-hydrogen) atoms. The number of halogens is 2. The Morgan fingerprint density at radius 2 is 2.06 bits per heavy atom. The molecule has 1 aromatic rings. The fourth-order valence-electron chi connectivity index (χ4n) is 1.57. The molecule has 0 aromatic heterocycles.